The lowest BCUT2D eigenvalue weighted by Crippen LogP contribution is -2.39. The number of nitro groups is 1. The molecule has 0 saturated carbocycles. The third kappa shape index (κ3) is 5.27. The number of nitrogens with one attached hydrogen (secondary N) is 2. The maximum atomic E-state index is 11.6. The summed E-state index contributed by atoms with van der Waals surface area (Å²) in [5.74, 6) is 1.07. The van der Waals surface area contributed by atoms with Crippen LogP contribution >= 0.6 is 0 Å². The third-order valence-corrected chi connectivity index (χ3v) is 4.26. The van der Waals surface area contributed by atoms with E-state index in [2.05, 4.69) is 25.5 Å². The first-order valence-electron chi connectivity index (χ1n) is 9.20. The number of rotatable bonds is 9. The maximum absolute atomic E-state index is 11.6. The first-order valence-corrected chi connectivity index (χ1v) is 9.20. The van der Waals surface area contributed by atoms with Crippen LogP contribution in [0.5, 0.6) is 5.75 Å². The van der Waals surface area contributed by atoms with E-state index >= 15 is 0 Å². The van der Waals surface area contributed by atoms with Crippen LogP contribution in [-0.4, -0.2) is 65.8 Å². The van der Waals surface area contributed by atoms with E-state index in [4.69, 9.17) is 9.47 Å². The SMILES string of the molecule is CCOc1ccc(Nc2ncnc(NCCN3CCOCC3)c2[N+](=O)[O-])cc1. The Kier molecular flexibility index (Phi) is 6.93. The van der Waals surface area contributed by atoms with Gasteiger partial charge in [0.2, 0.25) is 11.6 Å². The van der Waals surface area contributed by atoms with Crippen molar-refractivity contribution in [3.05, 3.63) is 40.7 Å². The minimum Gasteiger partial charge on any atom is -0.494 e. The first-order chi connectivity index (χ1) is 13.7. The van der Waals surface area contributed by atoms with Crippen molar-refractivity contribution in [3.8, 4) is 5.75 Å². The second-order valence-corrected chi connectivity index (χ2v) is 6.14. The Morgan fingerprint density at radius 1 is 1.21 bits per heavy atom. The summed E-state index contributed by atoms with van der Waals surface area (Å²) in [6.07, 6.45) is 1.31. The van der Waals surface area contributed by atoms with Crippen molar-refractivity contribution in [3.63, 3.8) is 0 Å². The number of nitrogens with zero attached hydrogens (tertiary/aromatic N) is 4. The van der Waals surface area contributed by atoms with Gasteiger partial charge in [0.15, 0.2) is 0 Å². The van der Waals surface area contributed by atoms with Gasteiger partial charge in [-0.15, -0.1) is 0 Å². The third-order valence-electron chi connectivity index (χ3n) is 4.26. The van der Waals surface area contributed by atoms with Crippen molar-refractivity contribution in [1.29, 1.82) is 0 Å². The van der Waals surface area contributed by atoms with Crippen LogP contribution in [0.15, 0.2) is 30.6 Å². The van der Waals surface area contributed by atoms with E-state index in [9.17, 15) is 10.1 Å². The van der Waals surface area contributed by atoms with Crippen molar-refractivity contribution < 1.29 is 14.4 Å². The highest BCUT2D eigenvalue weighted by molar-refractivity contribution is 5.73. The molecule has 10 heteroatoms. The quantitative estimate of drug-likeness (QED) is 0.493. The standard InChI is InChI=1S/C18H24N6O4/c1-2-28-15-5-3-14(4-6-15)22-18-16(24(25)26)17(20-13-21-18)19-7-8-23-9-11-27-12-10-23/h3-6,13H,2,7-12H2,1H3,(H2,19,20,21,22). The van der Waals surface area contributed by atoms with Crippen LogP contribution in [0.25, 0.3) is 0 Å². The number of anilines is 3. The molecule has 0 bridgehead atoms. The second-order valence-electron chi connectivity index (χ2n) is 6.14. The average molecular weight is 388 g/mol. The van der Waals surface area contributed by atoms with Crippen LogP contribution in [0.3, 0.4) is 0 Å². The molecule has 1 aliphatic heterocycles. The Bertz CT molecular complexity index is 780. The van der Waals surface area contributed by atoms with Crippen LogP contribution in [-0.2, 0) is 4.74 Å². The summed E-state index contributed by atoms with van der Waals surface area (Å²) in [7, 11) is 0. The van der Waals surface area contributed by atoms with Crippen LogP contribution in [0.1, 0.15) is 6.92 Å². The highest BCUT2D eigenvalue weighted by Crippen LogP contribution is 2.31. The van der Waals surface area contributed by atoms with E-state index in [1.807, 2.05) is 6.92 Å². The Balaban J connectivity index is 1.68. The monoisotopic (exact) mass is 388 g/mol. The molecular formula is C18H24N6O4. The number of hydrogen-bond donors (Lipinski definition) is 2. The first kappa shape index (κ1) is 19.8. The molecule has 1 fully saturated rings. The fourth-order valence-corrected chi connectivity index (χ4v) is 2.87. The molecule has 0 radical (unpaired) electrons. The van der Waals surface area contributed by atoms with Gasteiger partial charge >= 0.3 is 5.69 Å². The van der Waals surface area contributed by atoms with Gasteiger partial charge in [0.05, 0.1) is 24.7 Å². The molecule has 0 atom stereocenters. The second kappa shape index (κ2) is 9.81. The molecular weight excluding hydrogens is 364 g/mol. The summed E-state index contributed by atoms with van der Waals surface area (Å²) in [5.41, 5.74) is 0.489. The molecule has 0 unspecified atom stereocenters. The summed E-state index contributed by atoms with van der Waals surface area (Å²) in [4.78, 5) is 21.5. The summed E-state index contributed by atoms with van der Waals surface area (Å²) in [6.45, 7) is 6.92. The van der Waals surface area contributed by atoms with Crippen LogP contribution < -0.4 is 15.4 Å². The molecule has 1 aromatic heterocycles. The van der Waals surface area contributed by atoms with Crippen LogP contribution in [0.4, 0.5) is 23.0 Å². The topological polar surface area (TPSA) is 115 Å². The van der Waals surface area contributed by atoms with Crippen molar-refractivity contribution in [1.82, 2.24) is 14.9 Å². The molecule has 150 valence electrons. The van der Waals surface area contributed by atoms with Crippen molar-refractivity contribution in [2.24, 2.45) is 0 Å². The van der Waals surface area contributed by atoms with Crippen LogP contribution in [0.2, 0.25) is 0 Å². The number of aromatic nitrogens is 2. The molecule has 10 nitrogen and oxygen atoms in total. The summed E-state index contributed by atoms with van der Waals surface area (Å²) < 4.78 is 10.7. The lowest BCUT2D eigenvalue weighted by Gasteiger charge is -2.26. The Morgan fingerprint density at radius 3 is 2.61 bits per heavy atom. The number of ether oxygens (including phenoxy) is 2. The van der Waals surface area contributed by atoms with Crippen molar-refractivity contribution in [2.45, 2.75) is 6.92 Å². The number of hydrogen-bond acceptors (Lipinski definition) is 9. The molecule has 1 saturated heterocycles. The Hall–Kier alpha value is -2.98. The molecule has 28 heavy (non-hydrogen) atoms. The van der Waals surface area contributed by atoms with Gasteiger partial charge in [0.1, 0.15) is 12.1 Å². The largest absolute Gasteiger partial charge is 0.494 e. The molecule has 2 N–H and O–H groups in total. The van der Waals surface area contributed by atoms with Crippen LogP contribution in [0, 0.1) is 10.1 Å². The summed E-state index contributed by atoms with van der Waals surface area (Å²) in [5, 5.41) is 17.7. The van der Waals surface area contributed by atoms with Gasteiger partial charge in [0.25, 0.3) is 0 Å². The zero-order valence-corrected chi connectivity index (χ0v) is 15.8. The molecule has 0 amide bonds. The smallest absolute Gasteiger partial charge is 0.353 e. The Labute approximate surface area is 163 Å². The van der Waals surface area contributed by atoms with E-state index < -0.39 is 4.92 Å². The average Bonchev–Trinajstić information content (AvgIpc) is 2.70. The van der Waals surface area contributed by atoms with Gasteiger partial charge in [-0.2, -0.15) is 0 Å². The number of morpholine rings is 1. The fraction of sp³-hybridized carbons (Fsp3) is 0.444. The molecule has 0 spiro atoms. The van der Waals surface area contributed by atoms with Gasteiger partial charge in [-0.3, -0.25) is 15.0 Å². The van der Waals surface area contributed by atoms with Gasteiger partial charge < -0.3 is 20.1 Å². The lowest BCUT2D eigenvalue weighted by atomic mass is 10.3. The zero-order valence-electron chi connectivity index (χ0n) is 15.8. The molecule has 1 aliphatic rings. The number of benzene rings is 1. The minimum absolute atomic E-state index is 0.137. The fourth-order valence-electron chi connectivity index (χ4n) is 2.87. The molecule has 2 heterocycles. The van der Waals surface area contributed by atoms with Gasteiger partial charge in [-0.1, -0.05) is 0 Å². The van der Waals surface area contributed by atoms with E-state index in [1.165, 1.54) is 6.33 Å². The highest BCUT2D eigenvalue weighted by Gasteiger charge is 2.23. The van der Waals surface area contributed by atoms with Gasteiger partial charge in [0, 0.05) is 31.9 Å². The van der Waals surface area contributed by atoms with E-state index in [0.29, 0.717) is 32.1 Å². The molecule has 2 aromatic rings. The summed E-state index contributed by atoms with van der Waals surface area (Å²) >= 11 is 0. The van der Waals surface area contributed by atoms with E-state index in [0.717, 1.165) is 25.4 Å². The lowest BCUT2D eigenvalue weighted by molar-refractivity contribution is -0.383. The van der Waals surface area contributed by atoms with Crippen molar-refractivity contribution in [2.75, 3.05) is 56.6 Å². The Morgan fingerprint density at radius 2 is 1.93 bits per heavy atom. The predicted octanol–water partition coefficient (Wildman–Crippen LogP) is 2.27. The molecule has 0 aliphatic carbocycles. The molecule has 1 aromatic carbocycles. The zero-order chi connectivity index (χ0) is 19.8. The maximum Gasteiger partial charge on any atom is 0.353 e. The van der Waals surface area contributed by atoms with Gasteiger partial charge in [-0.05, 0) is 31.2 Å². The predicted molar refractivity (Wildman–Crippen MR) is 105 cm³/mol. The van der Waals surface area contributed by atoms with Crippen molar-refractivity contribution >= 4 is 23.0 Å². The van der Waals surface area contributed by atoms with E-state index in [-0.39, 0.29) is 17.3 Å². The van der Waals surface area contributed by atoms with Gasteiger partial charge in [-0.25, -0.2) is 9.97 Å². The highest BCUT2D eigenvalue weighted by atomic mass is 16.6. The normalized spacial score (nSPS) is 14.5. The summed E-state index contributed by atoms with van der Waals surface area (Å²) in [6, 6.07) is 7.14. The minimum atomic E-state index is -0.478. The van der Waals surface area contributed by atoms with E-state index in [1.54, 1.807) is 24.3 Å². The molecule has 3 rings (SSSR count).